The molecule has 0 radical (unpaired) electrons. The smallest absolute Gasteiger partial charge is 0.331 e. The minimum Gasteiger partial charge on any atom is -0.469 e. The van der Waals surface area contributed by atoms with Gasteiger partial charge in [-0.25, -0.2) is 9.59 Å². The molecule has 0 spiro atoms. The molecule has 164 valence electrons. The predicted octanol–water partition coefficient (Wildman–Crippen LogP) is 5.63. The predicted molar refractivity (Wildman–Crippen MR) is 115 cm³/mol. The quantitative estimate of drug-likeness (QED) is 0.472. The molecule has 5 heteroatoms. The summed E-state index contributed by atoms with van der Waals surface area (Å²) in [4.78, 5) is 25.0. The largest absolute Gasteiger partial charge is 0.469 e. The third-order valence-electron chi connectivity index (χ3n) is 6.84. The summed E-state index contributed by atoms with van der Waals surface area (Å²) in [5, 5.41) is 0. The molecular weight excluding hydrogens is 380 g/mol. The number of fused-ring (bicyclic) bond motifs is 2. The van der Waals surface area contributed by atoms with Crippen molar-refractivity contribution < 1.29 is 23.5 Å². The molecule has 0 bridgehead atoms. The Hall–Kier alpha value is -2.30. The maximum absolute atomic E-state index is 12.6. The molecule has 1 aromatic heterocycles. The highest BCUT2D eigenvalue weighted by atomic mass is 16.6. The summed E-state index contributed by atoms with van der Waals surface area (Å²) >= 11 is 0. The van der Waals surface area contributed by atoms with Gasteiger partial charge < -0.3 is 13.9 Å². The van der Waals surface area contributed by atoms with E-state index in [1.165, 1.54) is 12.2 Å². The van der Waals surface area contributed by atoms with E-state index in [0.717, 1.165) is 40.9 Å². The van der Waals surface area contributed by atoms with E-state index >= 15 is 0 Å². The molecule has 30 heavy (non-hydrogen) atoms. The first-order chi connectivity index (χ1) is 14.0. The average molecular weight is 415 g/mol. The number of rotatable bonds is 4. The van der Waals surface area contributed by atoms with Crippen molar-refractivity contribution in [2.75, 3.05) is 0 Å². The summed E-state index contributed by atoms with van der Waals surface area (Å²) < 4.78 is 17.9. The Morgan fingerprint density at radius 2 is 1.67 bits per heavy atom. The van der Waals surface area contributed by atoms with Crippen LogP contribution in [0.5, 0.6) is 0 Å². The fourth-order valence-corrected chi connectivity index (χ4v) is 5.16. The van der Waals surface area contributed by atoms with Crippen molar-refractivity contribution in [3.05, 3.63) is 46.4 Å². The van der Waals surface area contributed by atoms with Gasteiger partial charge in [0.15, 0.2) is 0 Å². The lowest BCUT2D eigenvalue weighted by Gasteiger charge is -2.54. The fraction of sp³-hybridized carbons (Fsp3) is 0.600. The van der Waals surface area contributed by atoms with Crippen molar-refractivity contribution in [3.63, 3.8) is 0 Å². The van der Waals surface area contributed by atoms with Gasteiger partial charge in [0.2, 0.25) is 0 Å². The Bertz CT molecular complexity index is 881. The van der Waals surface area contributed by atoms with Crippen LogP contribution in [-0.4, -0.2) is 18.0 Å². The van der Waals surface area contributed by atoms with Gasteiger partial charge in [0.05, 0.1) is 6.26 Å². The Morgan fingerprint density at radius 3 is 2.27 bits per heavy atom. The van der Waals surface area contributed by atoms with Crippen LogP contribution >= 0.6 is 0 Å². The van der Waals surface area contributed by atoms with Crippen molar-refractivity contribution in [2.45, 2.75) is 79.9 Å². The molecule has 0 aliphatic heterocycles. The highest BCUT2D eigenvalue weighted by molar-refractivity contribution is 5.83. The first kappa shape index (κ1) is 22.4. The van der Waals surface area contributed by atoms with Crippen LogP contribution in [0.1, 0.15) is 77.4 Å². The Balaban J connectivity index is 2.02. The van der Waals surface area contributed by atoms with Gasteiger partial charge in [-0.1, -0.05) is 25.0 Å². The van der Waals surface area contributed by atoms with Crippen LogP contribution in [0.3, 0.4) is 0 Å². The van der Waals surface area contributed by atoms with Crippen molar-refractivity contribution in [3.8, 4) is 0 Å². The van der Waals surface area contributed by atoms with Crippen LogP contribution in [0.4, 0.5) is 0 Å². The van der Waals surface area contributed by atoms with Crippen molar-refractivity contribution in [1.29, 1.82) is 0 Å². The summed E-state index contributed by atoms with van der Waals surface area (Å²) in [7, 11) is 0. The highest BCUT2D eigenvalue weighted by Gasteiger charge is 2.58. The highest BCUT2D eigenvalue weighted by Crippen LogP contribution is 2.60. The van der Waals surface area contributed by atoms with Crippen molar-refractivity contribution >= 4 is 11.9 Å². The monoisotopic (exact) mass is 414 g/mol. The number of carbonyl (C=O) groups excluding carboxylic acids is 2. The standard InChI is InChI=1S/C25H34O5/c1-14(2)10-21(26)29-19-9-8-17(6)25(7)18(19)12-20-23(16(5)13-28-20)24(25)30-22(27)11-15(3)4/h10-11,13,17-19,24H,8-9,12H2,1-7H3. The zero-order chi connectivity index (χ0) is 22.2. The second-order valence-electron chi connectivity index (χ2n) is 9.65. The maximum atomic E-state index is 12.6. The zero-order valence-electron chi connectivity index (χ0n) is 19.2. The Kier molecular flexibility index (Phi) is 6.30. The minimum atomic E-state index is -0.437. The molecule has 1 aromatic rings. The SMILES string of the molecule is CC(C)=CC(=O)OC1CCC(C)C2(C)C(OC(=O)C=C(C)C)c3c(C)coc3CC12. The third kappa shape index (κ3) is 4.12. The van der Waals surface area contributed by atoms with Crippen LogP contribution in [0.25, 0.3) is 0 Å². The van der Waals surface area contributed by atoms with Gasteiger partial charge in [0.25, 0.3) is 0 Å². The second kappa shape index (κ2) is 8.44. The van der Waals surface area contributed by atoms with Gasteiger partial charge in [-0.15, -0.1) is 0 Å². The number of ether oxygens (including phenoxy) is 2. The number of aryl methyl sites for hydroxylation is 1. The number of esters is 2. The van der Waals surface area contributed by atoms with Gasteiger partial charge in [-0.2, -0.15) is 0 Å². The van der Waals surface area contributed by atoms with E-state index in [1.807, 2.05) is 34.6 Å². The van der Waals surface area contributed by atoms with E-state index < -0.39 is 6.10 Å². The van der Waals surface area contributed by atoms with E-state index in [2.05, 4.69) is 13.8 Å². The van der Waals surface area contributed by atoms with Crippen LogP contribution in [0.2, 0.25) is 0 Å². The van der Waals surface area contributed by atoms with E-state index in [0.29, 0.717) is 12.3 Å². The van der Waals surface area contributed by atoms with Gasteiger partial charge in [-0.05, 0) is 58.9 Å². The summed E-state index contributed by atoms with van der Waals surface area (Å²) in [6.07, 6.45) is 6.51. The summed E-state index contributed by atoms with van der Waals surface area (Å²) in [6, 6.07) is 0. The number of furan rings is 1. The molecule has 1 fully saturated rings. The third-order valence-corrected chi connectivity index (χ3v) is 6.84. The molecule has 1 saturated carbocycles. The lowest BCUT2D eigenvalue weighted by molar-refractivity contribution is -0.184. The van der Waals surface area contributed by atoms with Gasteiger partial charge in [-0.3, -0.25) is 0 Å². The lowest BCUT2D eigenvalue weighted by Crippen LogP contribution is -2.54. The lowest BCUT2D eigenvalue weighted by atomic mass is 9.53. The van der Waals surface area contributed by atoms with Crippen LogP contribution < -0.4 is 0 Å². The van der Waals surface area contributed by atoms with E-state index in [1.54, 1.807) is 6.26 Å². The first-order valence-corrected chi connectivity index (χ1v) is 10.8. The molecule has 1 heterocycles. The van der Waals surface area contributed by atoms with Crippen LogP contribution in [0.15, 0.2) is 34.0 Å². The molecular formula is C25H34O5. The maximum Gasteiger partial charge on any atom is 0.331 e. The fourth-order valence-electron chi connectivity index (χ4n) is 5.16. The average Bonchev–Trinajstić information content (AvgIpc) is 2.98. The molecule has 0 saturated heterocycles. The van der Waals surface area contributed by atoms with Gasteiger partial charge in [0, 0.05) is 35.5 Å². The molecule has 5 unspecified atom stereocenters. The minimum absolute atomic E-state index is 0.0123. The molecule has 2 aliphatic rings. The molecule has 5 atom stereocenters. The van der Waals surface area contributed by atoms with E-state index in [-0.39, 0.29) is 29.4 Å². The molecule has 5 nitrogen and oxygen atoms in total. The van der Waals surface area contributed by atoms with Gasteiger partial charge >= 0.3 is 11.9 Å². The van der Waals surface area contributed by atoms with Gasteiger partial charge in [0.1, 0.15) is 18.0 Å². The number of carbonyl (C=O) groups is 2. The van der Waals surface area contributed by atoms with E-state index in [4.69, 9.17) is 13.9 Å². The van der Waals surface area contributed by atoms with Crippen molar-refractivity contribution in [2.24, 2.45) is 17.3 Å². The topological polar surface area (TPSA) is 65.7 Å². The number of allylic oxidation sites excluding steroid dienone is 2. The second-order valence-corrected chi connectivity index (χ2v) is 9.65. The Labute approximate surface area is 179 Å². The first-order valence-electron chi connectivity index (χ1n) is 10.8. The molecule has 0 N–H and O–H groups in total. The van der Waals surface area contributed by atoms with E-state index in [9.17, 15) is 9.59 Å². The summed E-state index contributed by atoms with van der Waals surface area (Å²) in [5.41, 5.74) is 3.42. The normalized spacial score (nSPS) is 29.8. The number of hydrogen-bond donors (Lipinski definition) is 0. The summed E-state index contributed by atoms with van der Waals surface area (Å²) in [6.45, 7) is 13.9. The zero-order valence-corrected chi connectivity index (χ0v) is 19.2. The number of hydrogen-bond acceptors (Lipinski definition) is 5. The van der Waals surface area contributed by atoms with Crippen molar-refractivity contribution in [1.82, 2.24) is 0 Å². The molecule has 0 amide bonds. The molecule has 2 aliphatic carbocycles. The van der Waals surface area contributed by atoms with Crippen LogP contribution in [0, 0.1) is 24.2 Å². The molecule has 0 aromatic carbocycles. The summed E-state index contributed by atoms with van der Waals surface area (Å²) in [5.74, 6) is 0.495. The Morgan fingerprint density at radius 1 is 1.07 bits per heavy atom. The van der Waals surface area contributed by atoms with Crippen LogP contribution in [-0.2, 0) is 25.5 Å². The molecule has 3 rings (SSSR count).